The quantitative estimate of drug-likeness (QED) is 0.609. The molecule has 0 saturated heterocycles. The van der Waals surface area contributed by atoms with Crippen LogP contribution in [0.5, 0.6) is 0 Å². The molecule has 1 aromatic carbocycles. The highest BCUT2D eigenvalue weighted by molar-refractivity contribution is 6.29. The molecule has 0 aliphatic heterocycles. The van der Waals surface area contributed by atoms with Crippen LogP contribution in [-0.2, 0) is 14.3 Å². The molecule has 0 spiro atoms. The number of ether oxygens (including phenoxy) is 1. The molecule has 0 bridgehead atoms. The fourth-order valence-electron chi connectivity index (χ4n) is 1.23. The predicted molar refractivity (Wildman–Crippen MR) is 61.5 cm³/mol. The van der Waals surface area contributed by atoms with E-state index in [1.165, 1.54) is 25.3 Å². The Morgan fingerprint density at radius 1 is 1.47 bits per heavy atom. The first-order valence-electron chi connectivity index (χ1n) is 4.77. The average molecular weight is 260 g/mol. The summed E-state index contributed by atoms with van der Waals surface area (Å²) in [6, 6.07) is 5.34. The van der Waals surface area contributed by atoms with Gasteiger partial charge in [0.1, 0.15) is 18.2 Å². The van der Waals surface area contributed by atoms with Gasteiger partial charge in [0.15, 0.2) is 0 Å². The first kappa shape index (κ1) is 13.4. The number of benzene rings is 1. The smallest absolute Gasteiger partial charge is 0.325 e. The summed E-state index contributed by atoms with van der Waals surface area (Å²) in [6.45, 7) is -0.300. The van der Waals surface area contributed by atoms with Crippen LogP contribution in [-0.4, -0.2) is 31.4 Å². The van der Waals surface area contributed by atoms with Crippen molar-refractivity contribution in [3.63, 3.8) is 0 Å². The van der Waals surface area contributed by atoms with Crippen LogP contribution >= 0.6 is 11.6 Å². The summed E-state index contributed by atoms with van der Waals surface area (Å²) < 4.78 is 17.5. The monoisotopic (exact) mass is 259 g/mol. The Balaban J connectivity index is 2.97. The summed E-state index contributed by atoms with van der Waals surface area (Å²) in [4.78, 5) is 23.8. The molecule has 0 heterocycles. The van der Waals surface area contributed by atoms with Crippen molar-refractivity contribution in [3.05, 3.63) is 30.1 Å². The Morgan fingerprint density at radius 3 is 2.71 bits per heavy atom. The molecule has 92 valence electrons. The van der Waals surface area contributed by atoms with Crippen molar-refractivity contribution >= 4 is 29.2 Å². The second kappa shape index (κ2) is 6.20. The third kappa shape index (κ3) is 3.71. The van der Waals surface area contributed by atoms with E-state index < -0.39 is 17.7 Å². The van der Waals surface area contributed by atoms with Crippen molar-refractivity contribution in [1.82, 2.24) is 0 Å². The predicted octanol–water partition coefficient (Wildman–Crippen LogP) is 1.57. The number of carbonyl (C=O) groups excluding carboxylic acids is 2. The van der Waals surface area contributed by atoms with Crippen LogP contribution in [0.15, 0.2) is 24.3 Å². The van der Waals surface area contributed by atoms with E-state index in [2.05, 4.69) is 4.74 Å². The first-order chi connectivity index (χ1) is 8.08. The van der Waals surface area contributed by atoms with E-state index >= 15 is 0 Å². The molecule has 1 rings (SSSR count). The Hall–Kier alpha value is -1.62. The second-order valence-corrected chi connectivity index (χ2v) is 3.44. The van der Waals surface area contributed by atoms with Crippen LogP contribution in [0.2, 0.25) is 0 Å². The van der Waals surface area contributed by atoms with Crippen molar-refractivity contribution in [1.29, 1.82) is 0 Å². The molecular weight excluding hydrogens is 249 g/mol. The molecule has 6 heteroatoms. The Kier molecular flexibility index (Phi) is 4.90. The largest absolute Gasteiger partial charge is 0.468 e. The number of rotatable bonds is 4. The van der Waals surface area contributed by atoms with Crippen molar-refractivity contribution in [3.8, 4) is 0 Å². The Morgan fingerprint density at radius 2 is 2.18 bits per heavy atom. The zero-order valence-electron chi connectivity index (χ0n) is 9.15. The average Bonchev–Trinajstić information content (AvgIpc) is 2.34. The lowest BCUT2D eigenvalue weighted by Crippen LogP contribution is -2.37. The normalized spacial score (nSPS) is 9.82. The van der Waals surface area contributed by atoms with E-state index in [9.17, 15) is 14.0 Å². The molecule has 0 fully saturated rings. The molecule has 0 aliphatic carbocycles. The number of hydrogen-bond donors (Lipinski definition) is 0. The maximum atomic E-state index is 13.0. The summed E-state index contributed by atoms with van der Waals surface area (Å²) in [5.41, 5.74) is 0.265. The summed E-state index contributed by atoms with van der Waals surface area (Å²) >= 11 is 5.43. The van der Waals surface area contributed by atoms with Gasteiger partial charge in [0.05, 0.1) is 7.11 Å². The van der Waals surface area contributed by atoms with Crippen molar-refractivity contribution in [2.24, 2.45) is 0 Å². The van der Waals surface area contributed by atoms with Gasteiger partial charge in [-0.1, -0.05) is 6.07 Å². The number of halogens is 2. The van der Waals surface area contributed by atoms with Gasteiger partial charge in [-0.2, -0.15) is 0 Å². The molecule has 1 aromatic rings. The maximum absolute atomic E-state index is 13.0. The van der Waals surface area contributed by atoms with Gasteiger partial charge in [-0.3, -0.25) is 9.59 Å². The van der Waals surface area contributed by atoms with E-state index in [0.29, 0.717) is 0 Å². The minimum Gasteiger partial charge on any atom is -0.468 e. The molecule has 0 saturated carbocycles. The molecule has 1 amide bonds. The van der Waals surface area contributed by atoms with Crippen LogP contribution in [0.4, 0.5) is 10.1 Å². The SMILES string of the molecule is COC(=O)CN(C(=O)CCl)c1cccc(F)c1. The van der Waals surface area contributed by atoms with Crippen LogP contribution in [0.3, 0.4) is 0 Å². The lowest BCUT2D eigenvalue weighted by atomic mass is 10.2. The Labute approximate surface area is 103 Å². The number of alkyl halides is 1. The number of carbonyl (C=O) groups is 2. The third-order valence-corrected chi connectivity index (χ3v) is 2.28. The number of methoxy groups -OCH3 is 1. The minimum absolute atomic E-state index is 0.265. The van der Waals surface area contributed by atoms with Gasteiger partial charge >= 0.3 is 5.97 Å². The van der Waals surface area contributed by atoms with Gasteiger partial charge in [0, 0.05) is 5.69 Å². The van der Waals surface area contributed by atoms with Crippen LogP contribution in [0, 0.1) is 5.82 Å². The van der Waals surface area contributed by atoms with Crippen LogP contribution in [0.1, 0.15) is 0 Å². The highest BCUT2D eigenvalue weighted by Gasteiger charge is 2.18. The lowest BCUT2D eigenvalue weighted by Gasteiger charge is -2.20. The lowest BCUT2D eigenvalue weighted by molar-refractivity contribution is -0.139. The van der Waals surface area contributed by atoms with Crippen LogP contribution < -0.4 is 4.90 Å². The number of hydrogen-bond acceptors (Lipinski definition) is 3. The summed E-state index contributed by atoms with van der Waals surface area (Å²) in [6.07, 6.45) is 0. The van der Waals surface area contributed by atoms with E-state index in [1.54, 1.807) is 0 Å². The molecule has 0 radical (unpaired) electrons. The Bertz CT molecular complexity index is 425. The van der Waals surface area contributed by atoms with E-state index in [1.807, 2.05) is 0 Å². The molecular formula is C11H11ClFNO3. The highest BCUT2D eigenvalue weighted by atomic mass is 35.5. The molecule has 0 atom stereocenters. The highest BCUT2D eigenvalue weighted by Crippen LogP contribution is 2.16. The molecule has 0 unspecified atom stereocenters. The zero-order chi connectivity index (χ0) is 12.8. The zero-order valence-corrected chi connectivity index (χ0v) is 9.91. The standard InChI is InChI=1S/C11H11ClFNO3/c1-17-11(16)7-14(10(15)6-12)9-4-2-3-8(13)5-9/h2-5H,6-7H2,1H3. The van der Waals surface area contributed by atoms with Gasteiger partial charge in [-0.05, 0) is 18.2 Å². The maximum Gasteiger partial charge on any atom is 0.325 e. The van der Waals surface area contributed by atoms with Gasteiger partial charge in [0.25, 0.3) is 0 Å². The number of esters is 1. The van der Waals surface area contributed by atoms with E-state index in [4.69, 9.17) is 11.6 Å². The fourth-order valence-corrected chi connectivity index (χ4v) is 1.38. The van der Waals surface area contributed by atoms with Gasteiger partial charge < -0.3 is 9.64 Å². The van der Waals surface area contributed by atoms with Gasteiger partial charge in [-0.15, -0.1) is 11.6 Å². The van der Waals surface area contributed by atoms with Crippen molar-refractivity contribution in [2.75, 3.05) is 24.4 Å². The minimum atomic E-state index is -0.604. The fraction of sp³-hybridized carbons (Fsp3) is 0.273. The third-order valence-electron chi connectivity index (χ3n) is 2.05. The molecule has 0 aromatic heterocycles. The topological polar surface area (TPSA) is 46.6 Å². The second-order valence-electron chi connectivity index (χ2n) is 3.17. The summed E-state index contributed by atoms with van der Waals surface area (Å²) in [7, 11) is 1.21. The molecule has 0 N–H and O–H groups in total. The first-order valence-corrected chi connectivity index (χ1v) is 5.30. The summed E-state index contributed by atoms with van der Waals surface area (Å²) in [5, 5.41) is 0. The van der Waals surface area contributed by atoms with Crippen molar-refractivity contribution < 1.29 is 18.7 Å². The van der Waals surface area contributed by atoms with E-state index in [0.717, 1.165) is 11.0 Å². The van der Waals surface area contributed by atoms with Gasteiger partial charge in [-0.25, -0.2) is 4.39 Å². The van der Waals surface area contributed by atoms with Crippen LogP contribution in [0.25, 0.3) is 0 Å². The molecule has 4 nitrogen and oxygen atoms in total. The number of amides is 1. The van der Waals surface area contributed by atoms with E-state index in [-0.39, 0.29) is 18.1 Å². The van der Waals surface area contributed by atoms with Crippen molar-refractivity contribution in [2.45, 2.75) is 0 Å². The summed E-state index contributed by atoms with van der Waals surface area (Å²) in [5.74, 6) is -1.90. The van der Waals surface area contributed by atoms with Gasteiger partial charge in [0.2, 0.25) is 5.91 Å². The molecule has 0 aliphatic rings. The number of anilines is 1. The number of nitrogens with zero attached hydrogens (tertiary/aromatic N) is 1. The molecule has 17 heavy (non-hydrogen) atoms.